The normalized spacial score (nSPS) is 53.0. The third-order valence-corrected chi connectivity index (χ3v) is 5.18. The largest absolute Gasteiger partial charge is 0.458 e. The summed E-state index contributed by atoms with van der Waals surface area (Å²) in [6.45, 7) is 5.80. The molecule has 3 fully saturated rings. The van der Waals surface area contributed by atoms with Gasteiger partial charge in [-0.1, -0.05) is 6.58 Å². The summed E-state index contributed by atoms with van der Waals surface area (Å²) in [5.74, 6) is -1.12. The SMILES string of the molecule is C=C1C(=O)O[C@@H]2C[C@@]3(C)O[C@@H]3[C@@H]3O[C@@H]3C3=C[C@@H](OC3=O)[C@@H]12. The molecule has 0 N–H and O–H groups in total. The van der Waals surface area contributed by atoms with Crippen LogP contribution in [0.4, 0.5) is 0 Å². The molecule has 0 aromatic heterocycles. The lowest BCUT2D eigenvalue weighted by Crippen LogP contribution is -2.33. The van der Waals surface area contributed by atoms with Crippen LogP contribution in [-0.4, -0.2) is 48.1 Å². The van der Waals surface area contributed by atoms with E-state index in [1.807, 2.05) is 6.92 Å². The number of epoxide rings is 2. The van der Waals surface area contributed by atoms with Gasteiger partial charge >= 0.3 is 11.9 Å². The minimum Gasteiger partial charge on any atom is -0.458 e. The van der Waals surface area contributed by atoms with Gasteiger partial charge in [-0.05, 0) is 13.0 Å². The van der Waals surface area contributed by atoms with Crippen LogP contribution in [-0.2, 0) is 28.5 Å². The third-order valence-electron chi connectivity index (χ3n) is 5.18. The molecule has 1 aliphatic carbocycles. The van der Waals surface area contributed by atoms with Gasteiger partial charge in [0.2, 0.25) is 0 Å². The molecule has 0 aromatic rings. The van der Waals surface area contributed by atoms with Crippen LogP contribution in [0.3, 0.4) is 0 Å². The zero-order valence-electron chi connectivity index (χ0n) is 11.4. The highest BCUT2D eigenvalue weighted by molar-refractivity contribution is 5.94. The van der Waals surface area contributed by atoms with E-state index in [4.69, 9.17) is 18.9 Å². The molecular formula is C15H14O6. The number of esters is 2. The molecule has 0 saturated carbocycles. The number of fused-ring (bicyclic) bond motifs is 7. The minimum atomic E-state index is -0.500. The summed E-state index contributed by atoms with van der Waals surface area (Å²) in [6, 6.07) is 0. The second kappa shape index (κ2) is 3.39. The van der Waals surface area contributed by atoms with Crippen molar-refractivity contribution in [3.63, 3.8) is 0 Å². The van der Waals surface area contributed by atoms with Crippen LogP contribution in [0.5, 0.6) is 0 Å². The summed E-state index contributed by atoms with van der Waals surface area (Å²) >= 11 is 0. The summed E-state index contributed by atoms with van der Waals surface area (Å²) in [5, 5.41) is 0. The Bertz CT molecular complexity index is 636. The molecule has 0 spiro atoms. The quantitative estimate of drug-likeness (QED) is 0.362. The van der Waals surface area contributed by atoms with Crippen molar-refractivity contribution in [1.29, 1.82) is 0 Å². The van der Waals surface area contributed by atoms with Gasteiger partial charge in [-0.3, -0.25) is 0 Å². The van der Waals surface area contributed by atoms with E-state index in [9.17, 15) is 9.59 Å². The Morgan fingerprint density at radius 1 is 1.29 bits per heavy atom. The lowest BCUT2D eigenvalue weighted by Gasteiger charge is -2.23. The highest BCUT2D eigenvalue weighted by Crippen LogP contribution is 2.54. The number of carbonyl (C=O) groups is 2. The summed E-state index contributed by atoms with van der Waals surface area (Å²) in [7, 11) is 0. The average molecular weight is 290 g/mol. The van der Waals surface area contributed by atoms with E-state index >= 15 is 0 Å². The highest BCUT2D eigenvalue weighted by atomic mass is 16.7. The van der Waals surface area contributed by atoms with E-state index < -0.39 is 12.1 Å². The van der Waals surface area contributed by atoms with Crippen LogP contribution in [0.2, 0.25) is 0 Å². The predicted molar refractivity (Wildman–Crippen MR) is 67.0 cm³/mol. The zero-order chi connectivity index (χ0) is 14.5. The van der Waals surface area contributed by atoms with Crippen molar-refractivity contribution in [1.82, 2.24) is 0 Å². The van der Waals surface area contributed by atoms with Crippen molar-refractivity contribution in [2.24, 2.45) is 5.92 Å². The molecular weight excluding hydrogens is 276 g/mol. The van der Waals surface area contributed by atoms with E-state index in [1.54, 1.807) is 6.08 Å². The van der Waals surface area contributed by atoms with Gasteiger partial charge in [0, 0.05) is 12.0 Å². The number of ether oxygens (including phenoxy) is 4. The first-order chi connectivity index (χ1) is 9.98. The molecule has 0 aromatic carbocycles. The fraction of sp³-hybridized carbons (Fsp3) is 0.600. The van der Waals surface area contributed by atoms with Crippen LogP contribution in [0.15, 0.2) is 23.8 Å². The molecule has 7 atom stereocenters. The van der Waals surface area contributed by atoms with E-state index in [-0.39, 0.29) is 41.9 Å². The van der Waals surface area contributed by atoms with Crippen LogP contribution in [0.1, 0.15) is 13.3 Å². The van der Waals surface area contributed by atoms with Gasteiger partial charge in [-0.15, -0.1) is 0 Å². The van der Waals surface area contributed by atoms with Crippen LogP contribution in [0, 0.1) is 5.92 Å². The maximum atomic E-state index is 12.0. The van der Waals surface area contributed by atoms with Crippen LogP contribution >= 0.6 is 0 Å². The van der Waals surface area contributed by atoms with E-state index in [2.05, 4.69) is 6.58 Å². The molecule has 110 valence electrons. The molecule has 6 nitrogen and oxygen atoms in total. The Morgan fingerprint density at radius 2 is 2.10 bits per heavy atom. The number of rotatable bonds is 0. The summed E-state index contributed by atoms with van der Waals surface area (Å²) in [5.41, 5.74) is 0.536. The van der Waals surface area contributed by atoms with Gasteiger partial charge in [0.1, 0.15) is 30.5 Å². The number of carbonyl (C=O) groups excluding carboxylic acids is 2. The molecule has 5 aliphatic rings. The predicted octanol–water partition coefficient (Wildman–Crippen LogP) is 0.265. The lowest BCUT2D eigenvalue weighted by molar-refractivity contribution is -0.143. The molecule has 2 bridgehead atoms. The minimum absolute atomic E-state index is 0.0541. The van der Waals surface area contributed by atoms with Crippen LogP contribution < -0.4 is 0 Å². The van der Waals surface area contributed by atoms with Gasteiger partial charge in [-0.2, -0.15) is 0 Å². The Morgan fingerprint density at radius 3 is 2.90 bits per heavy atom. The van der Waals surface area contributed by atoms with Crippen molar-refractivity contribution in [3.8, 4) is 0 Å². The molecule has 5 rings (SSSR count). The van der Waals surface area contributed by atoms with Crippen molar-refractivity contribution >= 4 is 11.9 Å². The Labute approximate surface area is 120 Å². The van der Waals surface area contributed by atoms with Crippen molar-refractivity contribution in [2.75, 3.05) is 0 Å². The Hall–Kier alpha value is -1.66. The molecule has 0 unspecified atom stereocenters. The Kier molecular flexibility index (Phi) is 1.93. The van der Waals surface area contributed by atoms with Crippen molar-refractivity contribution in [2.45, 2.75) is 49.5 Å². The molecule has 3 saturated heterocycles. The maximum Gasteiger partial charge on any atom is 0.337 e. The molecule has 4 aliphatic heterocycles. The molecule has 21 heavy (non-hydrogen) atoms. The molecule has 0 amide bonds. The first kappa shape index (κ1) is 11.9. The fourth-order valence-electron chi connectivity index (χ4n) is 3.92. The second-order valence-electron chi connectivity index (χ2n) is 6.56. The topological polar surface area (TPSA) is 77.7 Å². The van der Waals surface area contributed by atoms with Gasteiger partial charge in [0.05, 0.1) is 17.1 Å². The van der Waals surface area contributed by atoms with E-state index in [0.29, 0.717) is 17.6 Å². The van der Waals surface area contributed by atoms with Gasteiger partial charge in [0.25, 0.3) is 0 Å². The summed E-state index contributed by atoms with van der Waals surface area (Å²) in [6.07, 6.45) is 1.08. The third kappa shape index (κ3) is 1.44. The van der Waals surface area contributed by atoms with Crippen molar-refractivity contribution < 1.29 is 28.5 Å². The molecule has 6 heteroatoms. The smallest absolute Gasteiger partial charge is 0.337 e. The van der Waals surface area contributed by atoms with E-state index in [0.717, 1.165) is 0 Å². The molecule has 4 heterocycles. The van der Waals surface area contributed by atoms with Gasteiger partial charge < -0.3 is 18.9 Å². The van der Waals surface area contributed by atoms with Gasteiger partial charge in [0.15, 0.2) is 0 Å². The first-order valence-corrected chi connectivity index (χ1v) is 7.14. The standard InChI is InChI=1S/C15H14O6/c1-5-9-7-3-6(14(17)18-7)10-11(20-10)12-15(2,21-12)4-8(9)19-13(5)16/h3,7-12H,1,4H2,2H3/t7-,8-,9-,10-,11-,12-,15-/m1/s1. The summed E-state index contributed by atoms with van der Waals surface area (Å²) < 4.78 is 22.3. The molecule has 0 radical (unpaired) electrons. The van der Waals surface area contributed by atoms with Crippen molar-refractivity contribution in [3.05, 3.63) is 23.8 Å². The average Bonchev–Trinajstić information content (AvgIpc) is 3.25. The summed E-state index contributed by atoms with van der Waals surface area (Å²) in [4.78, 5) is 23.9. The maximum absolute atomic E-state index is 12.0. The first-order valence-electron chi connectivity index (χ1n) is 7.14. The zero-order valence-corrected chi connectivity index (χ0v) is 11.4. The number of hydrogen-bond donors (Lipinski definition) is 0. The second-order valence-corrected chi connectivity index (χ2v) is 6.56. The van der Waals surface area contributed by atoms with Gasteiger partial charge in [-0.25, -0.2) is 9.59 Å². The lowest BCUT2D eigenvalue weighted by atomic mass is 9.83. The highest BCUT2D eigenvalue weighted by Gasteiger charge is 2.68. The monoisotopic (exact) mass is 290 g/mol. The Balaban J connectivity index is 1.59. The van der Waals surface area contributed by atoms with Crippen LogP contribution in [0.25, 0.3) is 0 Å². The number of hydrogen-bond acceptors (Lipinski definition) is 6. The van der Waals surface area contributed by atoms with E-state index in [1.165, 1.54) is 0 Å². The fourth-order valence-corrected chi connectivity index (χ4v) is 3.92.